The zero-order valence-corrected chi connectivity index (χ0v) is 12.6. The average Bonchev–Trinajstić information content (AvgIpc) is 2.88. The molecule has 0 fully saturated rings. The maximum absolute atomic E-state index is 5.44. The van der Waals surface area contributed by atoms with Gasteiger partial charge in [0.15, 0.2) is 5.75 Å². The summed E-state index contributed by atoms with van der Waals surface area (Å²) in [6.45, 7) is 1.76. The summed E-state index contributed by atoms with van der Waals surface area (Å²) in [5.74, 6) is 0.803. The highest BCUT2D eigenvalue weighted by atomic mass is 16.5. The normalized spacial score (nSPS) is 10.8. The van der Waals surface area contributed by atoms with E-state index >= 15 is 0 Å². The first kappa shape index (κ1) is 14.4. The van der Waals surface area contributed by atoms with Crippen LogP contribution in [0.5, 0.6) is 5.75 Å². The van der Waals surface area contributed by atoms with E-state index in [2.05, 4.69) is 41.5 Å². The average molecular weight is 274 g/mol. The summed E-state index contributed by atoms with van der Waals surface area (Å²) in [7, 11) is 7.71. The molecule has 0 unspecified atom stereocenters. The topological polar surface area (TPSA) is 42.3 Å². The van der Waals surface area contributed by atoms with Crippen molar-refractivity contribution < 1.29 is 4.74 Å². The molecule has 0 amide bonds. The fraction of sp³-hybridized carbons (Fsp3) is 0.400. The Morgan fingerprint density at radius 1 is 1.35 bits per heavy atom. The van der Waals surface area contributed by atoms with Crippen LogP contribution in [0, 0.1) is 0 Å². The van der Waals surface area contributed by atoms with Gasteiger partial charge in [-0.15, -0.1) is 0 Å². The molecule has 20 heavy (non-hydrogen) atoms. The molecule has 0 radical (unpaired) electrons. The van der Waals surface area contributed by atoms with Crippen LogP contribution in [-0.2, 0) is 6.54 Å². The van der Waals surface area contributed by atoms with Crippen molar-refractivity contribution in [1.29, 1.82) is 0 Å². The van der Waals surface area contributed by atoms with E-state index in [4.69, 9.17) is 4.74 Å². The van der Waals surface area contributed by atoms with Crippen molar-refractivity contribution in [3.8, 4) is 17.0 Å². The molecule has 0 aliphatic heterocycles. The molecule has 5 nitrogen and oxygen atoms in total. The third-order valence-corrected chi connectivity index (χ3v) is 3.21. The van der Waals surface area contributed by atoms with Crippen LogP contribution in [0.4, 0.5) is 5.69 Å². The lowest BCUT2D eigenvalue weighted by Crippen LogP contribution is -2.19. The second kappa shape index (κ2) is 6.43. The predicted octanol–water partition coefficient (Wildman–Crippen LogP) is 2.16. The Morgan fingerprint density at radius 3 is 2.80 bits per heavy atom. The number of aromatic nitrogens is 2. The monoisotopic (exact) mass is 274 g/mol. The zero-order valence-electron chi connectivity index (χ0n) is 12.6. The Labute approximate surface area is 120 Å². The fourth-order valence-corrected chi connectivity index (χ4v) is 2.10. The van der Waals surface area contributed by atoms with Gasteiger partial charge in [-0.25, -0.2) is 0 Å². The van der Waals surface area contributed by atoms with E-state index in [1.54, 1.807) is 13.3 Å². The summed E-state index contributed by atoms with van der Waals surface area (Å²) in [6, 6.07) is 8.25. The van der Waals surface area contributed by atoms with Gasteiger partial charge in [-0.2, -0.15) is 5.10 Å². The van der Waals surface area contributed by atoms with Crippen LogP contribution in [0.3, 0.4) is 0 Å². The van der Waals surface area contributed by atoms with Gasteiger partial charge >= 0.3 is 0 Å². The molecular weight excluding hydrogens is 252 g/mol. The number of likely N-dealkylation sites (N-methyl/N-ethyl adjacent to an activating group) is 1. The Bertz CT molecular complexity index is 563. The molecule has 2 rings (SSSR count). The van der Waals surface area contributed by atoms with Crippen LogP contribution in [-0.4, -0.2) is 49.5 Å². The largest absolute Gasteiger partial charge is 0.493 e. The van der Waals surface area contributed by atoms with Gasteiger partial charge in [-0.1, -0.05) is 12.1 Å². The van der Waals surface area contributed by atoms with Crippen molar-refractivity contribution in [2.45, 2.75) is 6.54 Å². The van der Waals surface area contributed by atoms with Crippen molar-refractivity contribution in [1.82, 2.24) is 14.7 Å². The summed E-state index contributed by atoms with van der Waals surface area (Å²) in [6.07, 6.45) is 1.77. The fourth-order valence-electron chi connectivity index (χ4n) is 2.10. The van der Waals surface area contributed by atoms with Crippen molar-refractivity contribution in [2.24, 2.45) is 0 Å². The van der Waals surface area contributed by atoms with Gasteiger partial charge in [0.25, 0.3) is 0 Å². The number of benzene rings is 1. The third-order valence-electron chi connectivity index (χ3n) is 3.21. The summed E-state index contributed by atoms with van der Waals surface area (Å²) in [5, 5.41) is 7.59. The Hall–Kier alpha value is -2.01. The summed E-state index contributed by atoms with van der Waals surface area (Å²) in [4.78, 5) is 2.14. The lowest BCUT2D eigenvalue weighted by atomic mass is 10.1. The van der Waals surface area contributed by atoms with E-state index in [0.717, 1.165) is 35.8 Å². The molecule has 1 heterocycles. The molecule has 1 N–H and O–H groups in total. The molecule has 2 aromatic rings. The van der Waals surface area contributed by atoms with Crippen molar-refractivity contribution in [2.75, 3.05) is 40.1 Å². The highest BCUT2D eigenvalue weighted by molar-refractivity contribution is 5.70. The molecule has 0 saturated carbocycles. The molecule has 0 saturated heterocycles. The van der Waals surface area contributed by atoms with E-state index in [1.807, 2.05) is 23.9 Å². The van der Waals surface area contributed by atoms with Crippen molar-refractivity contribution >= 4 is 5.69 Å². The van der Waals surface area contributed by atoms with Crippen LogP contribution in [0.1, 0.15) is 0 Å². The minimum Gasteiger partial charge on any atom is -0.493 e. The number of hydrogen-bond donors (Lipinski definition) is 1. The maximum Gasteiger partial charge on any atom is 0.164 e. The van der Waals surface area contributed by atoms with Crippen molar-refractivity contribution in [3.63, 3.8) is 0 Å². The molecule has 108 valence electrons. The predicted molar refractivity (Wildman–Crippen MR) is 82.3 cm³/mol. The first-order valence-corrected chi connectivity index (χ1v) is 6.68. The molecule has 5 heteroatoms. The number of ether oxygens (including phenoxy) is 1. The van der Waals surface area contributed by atoms with E-state index in [1.165, 1.54) is 0 Å². The molecule has 0 atom stereocenters. The summed E-state index contributed by atoms with van der Waals surface area (Å²) < 4.78 is 7.44. The number of methoxy groups -OCH3 is 1. The number of nitrogens with one attached hydrogen (secondary N) is 1. The molecular formula is C15H22N4O. The molecule has 0 spiro atoms. The van der Waals surface area contributed by atoms with Gasteiger partial charge in [0.05, 0.1) is 19.9 Å². The van der Waals surface area contributed by atoms with Crippen LogP contribution in [0.2, 0.25) is 0 Å². The Morgan fingerprint density at radius 2 is 2.15 bits per heavy atom. The van der Waals surface area contributed by atoms with Gasteiger partial charge < -0.3 is 15.0 Å². The minimum atomic E-state index is 0.803. The number of anilines is 1. The molecule has 0 bridgehead atoms. The second-order valence-electron chi connectivity index (χ2n) is 4.92. The zero-order chi connectivity index (χ0) is 14.5. The molecule has 1 aromatic carbocycles. The smallest absolute Gasteiger partial charge is 0.164 e. The van der Waals surface area contributed by atoms with E-state index in [0.29, 0.717) is 0 Å². The number of hydrogen-bond acceptors (Lipinski definition) is 4. The highest BCUT2D eigenvalue weighted by Gasteiger charge is 2.14. The lowest BCUT2D eigenvalue weighted by Gasteiger charge is -2.13. The van der Waals surface area contributed by atoms with Gasteiger partial charge in [-0.05, 0) is 26.2 Å². The Balaban J connectivity index is 2.39. The standard InChI is InChI=1S/C15H22N4O/c1-16-13-7-5-6-12(10-13)15-14(20-4)11-17-19(15)9-8-18(2)3/h5-7,10-11,16H,8-9H2,1-4H3. The highest BCUT2D eigenvalue weighted by Crippen LogP contribution is 2.31. The molecule has 1 aromatic heterocycles. The molecule has 0 aliphatic rings. The van der Waals surface area contributed by atoms with Crippen molar-refractivity contribution in [3.05, 3.63) is 30.5 Å². The van der Waals surface area contributed by atoms with Gasteiger partial charge in [-0.3, -0.25) is 4.68 Å². The Kier molecular flexibility index (Phi) is 4.63. The van der Waals surface area contributed by atoms with E-state index in [-0.39, 0.29) is 0 Å². The summed E-state index contributed by atoms with van der Waals surface area (Å²) >= 11 is 0. The first-order chi connectivity index (χ1) is 9.65. The van der Waals surface area contributed by atoms with Gasteiger partial charge in [0.1, 0.15) is 5.69 Å². The summed E-state index contributed by atoms with van der Waals surface area (Å²) in [5.41, 5.74) is 3.20. The van der Waals surface area contributed by atoms with E-state index < -0.39 is 0 Å². The second-order valence-corrected chi connectivity index (χ2v) is 4.92. The quantitative estimate of drug-likeness (QED) is 0.876. The number of nitrogens with zero attached hydrogens (tertiary/aromatic N) is 3. The first-order valence-electron chi connectivity index (χ1n) is 6.68. The maximum atomic E-state index is 5.44. The number of rotatable bonds is 6. The molecule has 0 aliphatic carbocycles. The third kappa shape index (κ3) is 3.11. The van der Waals surface area contributed by atoms with Crippen LogP contribution < -0.4 is 10.1 Å². The van der Waals surface area contributed by atoms with E-state index in [9.17, 15) is 0 Å². The minimum absolute atomic E-state index is 0.803. The van der Waals surface area contributed by atoms with Crippen LogP contribution >= 0.6 is 0 Å². The van der Waals surface area contributed by atoms with Gasteiger partial charge in [0, 0.05) is 24.8 Å². The van der Waals surface area contributed by atoms with Gasteiger partial charge in [0.2, 0.25) is 0 Å². The van der Waals surface area contributed by atoms with Crippen LogP contribution in [0.15, 0.2) is 30.5 Å². The SMILES string of the molecule is CNc1cccc(-c2c(OC)cnn2CCN(C)C)c1. The lowest BCUT2D eigenvalue weighted by molar-refractivity contribution is 0.373. The van der Waals surface area contributed by atoms with Crippen LogP contribution in [0.25, 0.3) is 11.3 Å².